The number of carbonyl (C=O) groups excluding carboxylic acids is 2. The molecule has 2 aromatic heterocycles. The van der Waals surface area contributed by atoms with Crippen molar-refractivity contribution < 1.29 is 36.5 Å². The van der Waals surface area contributed by atoms with E-state index in [1.165, 1.54) is 0 Å². The molecule has 4 aromatic rings. The fraction of sp³-hybridized carbons (Fsp3) is 0.343. The first kappa shape index (κ1) is 37.9. The standard InChI is InChI=1S/C34H39N7O4.CH4O3S/c1-24(2)45-34(43)44-23-41(4)18-16-40(17-19-41)22-26-8-10-27(11-9-26)32(42)37-29-12-7-25(3)31(20-29)39-33-36-15-13-30(38-33)28-6-5-14-35-21-28;1-5(2,3)4/h5-15,20-21,24H,16-19,22-23H2,1-4H3,(H-,36,37,38,39,42);1H3,(H,2,3,4). The lowest BCUT2D eigenvalue weighted by atomic mass is 10.1. The summed E-state index contributed by atoms with van der Waals surface area (Å²) in [4.78, 5) is 40.4. The number of anilines is 3. The zero-order valence-corrected chi connectivity index (χ0v) is 29.6. The minimum atomic E-state index is -3.92. The SMILES string of the molecule is CS(=O)(=O)[O-].Cc1ccc(NC(=O)c2ccc(CN3CC[N+](C)(COC(=O)OC(C)C)CC3)cc2)cc1Nc1nccc(-c2cccnc2)n1. The van der Waals surface area contributed by atoms with Gasteiger partial charge in [-0.25, -0.2) is 23.2 Å². The van der Waals surface area contributed by atoms with Gasteiger partial charge in [0.25, 0.3) is 5.91 Å². The summed E-state index contributed by atoms with van der Waals surface area (Å²) in [6, 6.07) is 19.1. The molecule has 0 atom stereocenters. The van der Waals surface area contributed by atoms with E-state index in [1.807, 2.05) is 67.6 Å². The van der Waals surface area contributed by atoms with Crippen LogP contribution in [0.25, 0.3) is 11.3 Å². The molecule has 5 rings (SSSR count). The fourth-order valence-corrected chi connectivity index (χ4v) is 4.98. The molecule has 266 valence electrons. The Morgan fingerprint density at radius 1 is 1.04 bits per heavy atom. The van der Waals surface area contributed by atoms with E-state index in [9.17, 15) is 9.59 Å². The van der Waals surface area contributed by atoms with E-state index in [2.05, 4.69) is 37.5 Å². The van der Waals surface area contributed by atoms with Crippen molar-refractivity contribution in [1.29, 1.82) is 0 Å². The Morgan fingerprint density at radius 2 is 1.74 bits per heavy atom. The summed E-state index contributed by atoms with van der Waals surface area (Å²) in [5, 5.41) is 6.28. The fourth-order valence-electron chi connectivity index (χ4n) is 4.98. The normalized spacial score (nSPS) is 14.2. The molecule has 0 unspecified atom stereocenters. The van der Waals surface area contributed by atoms with Crippen LogP contribution in [-0.4, -0.2) is 102 Å². The lowest BCUT2D eigenvalue weighted by Crippen LogP contribution is -2.58. The molecule has 0 spiro atoms. The van der Waals surface area contributed by atoms with Crippen molar-refractivity contribution in [3.05, 3.63) is 95.9 Å². The van der Waals surface area contributed by atoms with Crippen molar-refractivity contribution in [1.82, 2.24) is 19.9 Å². The Morgan fingerprint density at radius 3 is 2.38 bits per heavy atom. The molecule has 2 aromatic carbocycles. The molecule has 1 aliphatic heterocycles. The molecule has 0 bridgehead atoms. The van der Waals surface area contributed by atoms with Gasteiger partial charge in [-0.15, -0.1) is 0 Å². The Labute approximate surface area is 292 Å². The van der Waals surface area contributed by atoms with E-state index in [0.29, 0.717) is 34.7 Å². The Hall–Kier alpha value is -4.96. The van der Waals surface area contributed by atoms with Crippen molar-refractivity contribution in [2.75, 3.05) is 56.8 Å². The van der Waals surface area contributed by atoms with E-state index in [-0.39, 0.29) is 12.0 Å². The minimum Gasteiger partial charge on any atom is -0.748 e. The summed E-state index contributed by atoms with van der Waals surface area (Å²) in [7, 11) is -1.82. The first-order chi connectivity index (χ1) is 23.7. The van der Waals surface area contributed by atoms with Crippen LogP contribution in [0, 0.1) is 6.92 Å². The molecule has 1 saturated heterocycles. The third-order valence-corrected chi connectivity index (χ3v) is 7.72. The summed E-state index contributed by atoms with van der Waals surface area (Å²) < 4.78 is 38.3. The molecular weight excluding hydrogens is 662 g/mol. The number of nitrogens with zero attached hydrogens (tertiary/aromatic N) is 5. The van der Waals surface area contributed by atoms with Gasteiger partial charge in [0.05, 0.1) is 42.1 Å². The molecule has 3 heterocycles. The van der Waals surface area contributed by atoms with Gasteiger partial charge in [-0.3, -0.25) is 19.2 Å². The number of pyridine rings is 1. The molecule has 0 radical (unpaired) electrons. The molecule has 0 saturated carbocycles. The zero-order valence-electron chi connectivity index (χ0n) is 28.8. The maximum Gasteiger partial charge on any atom is 0.512 e. The molecular formula is C35H43N7O7S. The molecule has 50 heavy (non-hydrogen) atoms. The van der Waals surface area contributed by atoms with Crippen LogP contribution in [0.4, 0.5) is 22.1 Å². The first-order valence-corrected chi connectivity index (χ1v) is 17.8. The number of likely N-dealkylation sites (N-methyl/N-ethyl adjacent to an activating group) is 1. The van der Waals surface area contributed by atoms with Crippen LogP contribution < -0.4 is 10.6 Å². The second kappa shape index (κ2) is 17.1. The Kier molecular flexibility index (Phi) is 13.0. The number of ether oxygens (including phenoxy) is 2. The Bertz CT molecular complexity index is 1840. The number of aryl methyl sites for hydroxylation is 1. The van der Waals surface area contributed by atoms with Crippen LogP contribution in [-0.2, 0) is 26.1 Å². The lowest BCUT2D eigenvalue weighted by Gasteiger charge is -2.41. The number of aromatic nitrogens is 3. The van der Waals surface area contributed by atoms with Gasteiger partial charge >= 0.3 is 6.16 Å². The van der Waals surface area contributed by atoms with Gasteiger partial charge in [0, 0.05) is 67.0 Å². The number of carbonyl (C=O) groups is 2. The number of piperazine rings is 1. The predicted octanol–water partition coefficient (Wildman–Crippen LogP) is 4.79. The van der Waals surface area contributed by atoms with Crippen molar-refractivity contribution in [2.45, 2.75) is 33.4 Å². The van der Waals surface area contributed by atoms with Gasteiger partial charge in [0.1, 0.15) is 0 Å². The summed E-state index contributed by atoms with van der Waals surface area (Å²) in [5.74, 6) is 0.267. The quantitative estimate of drug-likeness (QED) is 0.131. The molecule has 1 amide bonds. The van der Waals surface area contributed by atoms with E-state index >= 15 is 0 Å². The molecule has 1 aliphatic rings. The van der Waals surface area contributed by atoms with Crippen LogP contribution >= 0.6 is 0 Å². The average Bonchev–Trinajstić information content (AvgIpc) is 3.06. The molecule has 2 N–H and O–H groups in total. The predicted molar refractivity (Wildman–Crippen MR) is 189 cm³/mol. The van der Waals surface area contributed by atoms with Gasteiger partial charge in [-0.05, 0) is 74.4 Å². The van der Waals surface area contributed by atoms with Gasteiger partial charge in [0.15, 0.2) is 0 Å². The maximum atomic E-state index is 13.1. The molecule has 1 fully saturated rings. The molecule has 15 heteroatoms. The lowest BCUT2D eigenvalue weighted by molar-refractivity contribution is -0.929. The highest BCUT2D eigenvalue weighted by molar-refractivity contribution is 7.84. The number of hydrogen-bond acceptors (Lipinski definition) is 12. The first-order valence-electron chi connectivity index (χ1n) is 16.0. The van der Waals surface area contributed by atoms with Crippen LogP contribution in [0.2, 0.25) is 0 Å². The number of hydrogen-bond donors (Lipinski definition) is 2. The van der Waals surface area contributed by atoms with E-state index < -0.39 is 16.3 Å². The van der Waals surface area contributed by atoms with Crippen molar-refractivity contribution in [2.24, 2.45) is 0 Å². The van der Waals surface area contributed by atoms with Gasteiger partial charge < -0.3 is 24.7 Å². The van der Waals surface area contributed by atoms with Crippen molar-refractivity contribution in [3.8, 4) is 11.3 Å². The second-order valence-electron chi connectivity index (χ2n) is 12.5. The van der Waals surface area contributed by atoms with E-state index in [4.69, 9.17) is 22.4 Å². The molecule has 0 aliphatic carbocycles. The van der Waals surface area contributed by atoms with Gasteiger partial charge in [0.2, 0.25) is 12.7 Å². The van der Waals surface area contributed by atoms with Crippen LogP contribution in [0.15, 0.2) is 79.3 Å². The zero-order chi connectivity index (χ0) is 36.3. The van der Waals surface area contributed by atoms with E-state index in [0.717, 1.165) is 60.8 Å². The van der Waals surface area contributed by atoms with Gasteiger partial charge in [-0.1, -0.05) is 18.2 Å². The number of nitrogens with one attached hydrogen (secondary N) is 2. The monoisotopic (exact) mass is 705 g/mol. The summed E-state index contributed by atoms with van der Waals surface area (Å²) in [6.07, 6.45) is 4.98. The number of benzene rings is 2. The highest BCUT2D eigenvalue weighted by Crippen LogP contribution is 2.25. The third-order valence-electron chi connectivity index (χ3n) is 7.72. The maximum absolute atomic E-state index is 13.1. The highest BCUT2D eigenvalue weighted by atomic mass is 32.2. The number of rotatable bonds is 10. The molecule has 14 nitrogen and oxygen atoms in total. The average molecular weight is 706 g/mol. The van der Waals surface area contributed by atoms with Crippen LogP contribution in [0.3, 0.4) is 0 Å². The number of amides is 1. The van der Waals surface area contributed by atoms with E-state index in [1.54, 1.807) is 32.4 Å². The smallest absolute Gasteiger partial charge is 0.512 e. The van der Waals surface area contributed by atoms with Crippen LogP contribution in [0.5, 0.6) is 0 Å². The van der Waals surface area contributed by atoms with Crippen LogP contribution in [0.1, 0.15) is 35.3 Å². The summed E-state index contributed by atoms with van der Waals surface area (Å²) in [6.45, 7) is 10.2. The van der Waals surface area contributed by atoms with Gasteiger partial charge in [-0.2, -0.15) is 0 Å². The summed E-state index contributed by atoms with van der Waals surface area (Å²) >= 11 is 0. The van der Waals surface area contributed by atoms with Crippen molar-refractivity contribution in [3.63, 3.8) is 0 Å². The largest absolute Gasteiger partial charge is 0.748 e. The van der Waals surface area contributed by atoms with Crippen molar-refractivity contribution >= 4 is 39.5 Å². The summed E-state index contributed by atoms with van der Waals surface area (Å²) in [5.41, 5.74) is 5.83. The third kappa shape index (κ3) is 12.5. The topological polar surface area (TPSA) is 176 Å². The highest BCUT2D eigenvalue weighted by Gasteiger charge is 2.30. The minimum absolute atomic E-state index is 0.187. The Balaban J connectivity index is 0.00000105. The second-order valence-corrected chi connectivity index (χ2v) is 14.0. The number of quaternary nitrogens is 1.